The van der Waals surface area contributed by atoms with Gasteiger partial charge >= 0.3 is 6.09 Å². The maximum Gasteiger partial charge on any atom is 0.410 e. The highest BCUT2D eigenvalue weighted by Gasteiger charge is 2.31. The van der Waals surface area contributed by atoms with Gasteiger partial charge in [0.05, 0.1) is 0 Å². The molecule has 5 heteroatoms. The maximum absolute atomic E-state index is 12.6. The average molecular weight is 368 g/mol. The van der Waals surface area contributed by atoms with Gasteiger partial charge in [-0.3, -0.25) is 0 Å². The molecule has 2 aromatic rings. The molecular formula is C22H28N2O3. The molecule has 27 heavy (non-hydrogen) atoms. The molecule has 1 saturated heterocycles. The van der Waals surface area contributed by atoms with E-state index in [9.17, 15) is 10.0 Å². The first-order valence-corrected chi connectivity index (χ1v) is 9.42. The van der Waals surface area contributed by atoms with Crippen LogP contribution in [0.1, 0.15) is 32.3 Å². The molecule has 0 saturated carbocycles. The molecule has 1 amide bonds. The maximum atomic E-state index is 12.6. The highest BCUT2D eigenvalue weighted by atomic mass is 16.6. The Bertz CT molecular complexity index is 749. The van der Waals surface area contributed by atoms with Gasteiger partial charge < -0.3 is 14.8 Å². The van der Waals surface area contributed by atoms with Gasteiger partial charge in [0.1, 0.15) is 5.60 Å². The van der Waals surface area contributed by atoms with Crippen molar-refractivity contribution in [3.63, 3.8) is 0 Å². The number of carbonyl (C=O) groups is 1. The Labute approximate surface area is 161 Å². The molecule has 1 fully saturated rings. The van der Waals surface area contributed by atoms with Crippen molar-refractivity contribution < 1.29 is 14.7 Å². The van der Waals surface area contributed by atoms with Crippen molar-refractivity contribution in [2.45, 2.75) is 38.3 Å². The molecular weight excluding hydrogens is 340 g/mol. The van der Waals surface area contributed by atoms with E-state index in [0.717, 1.165) is 29.5 Å². The lowest BCUT2D eigenvalue weighted by molar-refractivity contribution is -0.116. The number of ether oxygens (including phenoxy) is 1. The van der Waals surface area contributed by atoms with Crippen LogP contribution >= 0.6 is 0 Å². The SMILES string of the molecule is CN(O)C1CCN(C(=O)OC(C)(C)c2ccc(-c3ccccc3)cc2)CC1. The summed E-state index contributed by atoms with van der Waals surface area (Å²) in [5.41, 5.74) is 2.55. The molecule has 2 aromatic carbocycles. The van der Waals surface area contributed by atoms with E-state index in [0.29, 0.717) is 13.1 Å². The third-order valence-electron chi connectivity index (χ3n) is 5.28. The lowest BCUT2D eigenvalue weighted by Gasteiger charge is -2.36. The van der Waals surface area contributed by atoms with E-state index in [2.05, 4.69) is 24.3 Å². The number of likely N-dealkylation sites (tertiary alicyclic amines) is 1. The van der Waals surface area contributed by atoms with Gasteiger partial charge in [0.25, 0.3) is 0 Å². The molecule has 0 radical (unpaired) electrons. The number of hydrogen-bond donors (Lipinski definition) is 1. The third-order valence-corrected chi connectivity index (χ3v) is 5.28. The largest absolute Gasteiger partial charge is 0.438 e. The van der Waals surface area contributed by atoms with Crippen LogP contribution in [0.5, 0.6) is 0 Å². The molecule has 144 valence electrons. The summed E-state index contributed by atoms with van der Waals surface area (Å²) in [5, 5.41) is 10.8. The summed E-state index contributed by atoms with van der Waals surface area (Å²) in [6, 6.07) is 18.5. The summed E-state index contributed by atoms with van der Waals surface area (Å²) in [6.07, 6.45) is 1.19. The van der Waals surface area contributed by atoms with Crippen LogP contribution in [-0.4, -0.2) is 47.4 Å². The van der Waals surface area contributed by atoms with Gasteiger partial charge in [-0.15, -0.1) is 0 Å². The average Bonchev–Trinajstić information content (AvgIpc) is 2.68. The fourth-order valence-electron chi connectivity index (χ4n) is 3.46. The minimum atomic E-state index is -0.711. The molecule has 0 unspecified atom stereocenters. The second kappa shape index (κ2) is 8.11. The number of hydroxylamine groups is 2. The van der Waals surface area contributed by atoms with Crippen LogP contribution in [0.15, 0.2) is 54.6 Å². The molecule has 1 N–H and O–H groups in total. The lowest BCUT2D eigenvalue weighted by atomic mass is 9.95. The Morgan fingerprint density at radius 1 is 1.04 bits per heavy atom. The van der Waals surface area contributed by atoms with Crippen molar-refractivity contribution in [2.24, 2.45) is 0 Å². The predicted octanol–water partition coefficient (Wildman–Crippen LogP) is 4.51. The monoisotopic (exact) mass is 368 g/mol. The molecule has 0 spiro atoms. The van der Waals surface area contributed by atoms with Gasteiger partial charge in [0.2, 0.25) is 0 Å². The standard InChI is InChI=1S/C22H28N2O3/c1-22(2,27-21(25)24-15-13-20(14-16-24)23(3)26)19-11-9-18(10-12-19)17-7-5-4-6-8-17/h4-12,20,26H,13-16H2,1-3H3. The predicted molar refractivity (Wildman–Crippen MR) is 106 cm³/mol. The van der Waals surface area contributed by atoms with E-state index in [1.807, 2.05) is 44.2 Å². The molecule has 0 aromatic heterocycles. The number of nitrogens with zero attached hydrogens (tertiary/aromatic N) is 2. The normalized spacial score (nSPS) is 15.8. The van der Waals surface area contributed by atoms with E-state index >= 15 is 0 Å². The third kappa shape index (κ3) is 4.67. The van der Waals surface area contributed by atoms with Crippen molar-refractivity contribution in [1.29, 1.82) is 0 Å². The van der Waals surface area contributed by atoms with E-state index in [1.165, 1.54) is 5.06 Å². The van der Waals surface area contributed by atoms with Crippen LogP contribution in [-0.2, 0) is 10.3 Å². The van der Waals surface area contributed by atoms with Gasteiger partial charge in [-0.05, 0) is 43.4 Å². The lowest BCUT2D eigenvalue weighted by Crippen LogP contribution is -2.46. The summed E-state index contributed by atoms with van der Waals surface area (Å²) >= 11 is 0. The summed E-state index contributed by atoms with van der Waals surface area (Å²) in [4.78, 5) is 14.3. The van der Waals surface area contributed by atoms with Gasteiger partial charge in [-0.2, -0.15) is 5.06 Å². The Balaban J connectivity index is 1.63. The number of benzene rings is 2. The van der Waals surface area contributed by atoms with Crippen LogP contribution in [0, 0.1) is 0 Å². The fourth-order valence-corrected chi connectivity index (χ4v) is 3.46. The second-order valence-corrected chi connectivity index (χ2v) is 7.61. The number of rotatable bonds is 4. The smallest absolute Gasteiger partial charge is 0.410 e. The zero-order valence-electron chi connectivity index (χ0n) is 16.3. The molecule has 0 atom stereocenters. The first kappa shape index (κ1) is 19.4. The van der Waals surface area contributed by atoms with Gasteiger partial charge in [0, 0.05) is 26.2 Å². The van der Waals surface area contributed by atoms with Gasteiger partial charge in [-0.1, -0.05) is 54.6 Å². The zero-order chi connectivity index (χ0) is 19.4. The van der Waals surface area contributed by atoms with E-state index in [1.54, 1.807) is 11.9 Å². The molecule has 5 nitrogen and oxygen atoms in total. The van der Waals surface area contributed by atoms with E-state index < -0.39 is 5.60 Å². The number of amides is 1. The van der Waals surface area contributed by atoms with Crippen molar-refractivity contribution in [3.8, 4) is 11.1 Å². The minimum Gasteiger partial charge on any atom is -0.438 e. The fraction of sp³-hybridized carbons (Fsp3) is 0.409. The summed E-state index contributed by atoms with van der Waals surface area (Å²) in [6.45, 7) is 5.02. The molecule has 0 bridgehead atoms. The van der Waals surface area contributed by atoms with E-state index in [4.69, 9.17) is 4.74 Å². The van der Waals surface area contributed by atoms with Gasteiger partial charge in [-0.25, -0.2) is 4.79 Å². The van der Waals surface area contributed by atoms with Crippen molar-refractivity contribution in [3.05, 3.63) is 60.2 Å². The van der Waals surface area contributed by atoms with Crippen LogP contribution < -0.4 is 0 Å². The topological polar surface area (TPSA) is 53.0 Å². The first-order valence-electron chi connectivity index (χ1n) is 9.42. The van der Waals surface area contributed by atoms with Crippen molar-refractivity contribution in [1.82, 2.24) is 9.96 Å². The highest BCUT2D eigenvalue weighted by Crippen LogP contribution is 2.29. The first-order chi connectivity index (χ1) is 12.9. The minimum absolute atomic E-state index is 0.104. The quantitative estimate of drug-likeness (QED) is 0.807. The van der Waals surface area contributed by atoms with Crippen LogP contribution in [0.2, 0.25) is 0 Å². The molecule has 1 heterocycles. The number of hydrogen-bond acceptors (Lipinski definition) is 4. The Kier molecular flexibility index (Phi) is 5.82. The summed E-state index contributed by atoms with van der Waals surface area (Å²) in [5.74, 6) is 0. The molecule has 1 aliphatic heterocycles. The van der Waals surface area contributed by atoms with E-state index in [-0.39, 0.29) is 12.1 Å². The Hall–Kier alpha value is -2.37. The number of piperidine rings is 1. The zero-order valence-corrected chi connectivity index (χ0v) is 16.3. The van der Waals surface area contributed by atoms with Gasteiger partial charge in [0.15, 0.2) is 0 Å². The summed E-state index contributed by atoms with van der Waals surface area (Å²) in [7, 11) is 1.65. The number of carbonyl (C=O) groups excluding carboxylic acids is 1. The van der Waals surface area contributed by atoms with Crippen LogP contribution in [0.25, 0.3) is 11.1 Å². The Morgan fingerprint density at radius 3 is 2.15 bits per heavy atom. The summed E-state index contributed by atoms with van der Waals surface area (Å²) < 4.78 is 5.82. The van der Waals surface area contributed by atoms with Crippen molar-refractivity contribution >= 4 is 6.09 Å². The second-order valence-electron chi connectivity index (χ2n) is 7.61. The highest BCUT2D eigenvalue weighted by molar-refractivity contribution is 5.69. The van der Waals surface area contributed by atoms with Crippen molar-refractivity contribution in [2.75, 3.05) is 20.1 Å². The van der Waals surface area contributed by atoms with Crippen LogP contribution in [0.4, 0.5) is 4.79 Å². The Morgan fingerprint density at radius 2 is 1.59 bits per heavy atom. The van der Waals surface area contributed by atoms with Crippen LogP contribution in [0.3, 0.4) is 0 Å². The molecule has 0 aliphatic carbocycles. The molecule has 1 aliphatic rings. The molecule has 3 rings (SSSR count).